The summed E-state index contributed by atoms with van der Waals surface area (Å²) in [6, 6.07) is 10.1. The van der Waals surface area contributed by atoms with Gasteiger partial charge in [-0.15, -0.1) is 0 Å². The molecule has 1 aromatic carbocycles. The Bertz CT molecular complexity index is 832. The number of rotatable bonds is 7. The molecule has 0 spiro atoms. The van der Waals surface area contributed by atoms with Crippen LogP contribution in [0.2, 0.25) is 0 Å². The van der Waals surface area contributed by atoms with E-state index in [0.29, 0.717) is 15.7 Å². The third kappa shape index (κ3) is 5.27. The largest absolute Gasteiger partial charge is 0.349 e. The van der Waals surface area contributed by atoms with Crippen molar-refractivity contribution in [3.05, 3.63) is 46.5 Å². The van der Waals surface area contributed by atoms with E-state index in [1.165, 1.54) is 12.6 Å². The Hall–Kier alpha value is -1.93. The Kier molecular flexibility index (Phi) is 6.18. The highest BCUT2D eigenvalue weighted by Crippen LogP contribution is 2.26. The van der Waals surface area contributed by atoms with Crippen LogP contribution in [-0.2, 0) is 16.4 Å². The summed E-state index contributed by atoms with van der Waals surface area (Å²) in [7, 11) is -1.97. The predicted octanol–water partition coefficient (Wildman–Crippen LogP) is 2.60. The predicted molar refractivity (Wildman–Crippen MR) is 102 cm³/mol. The van der Waals surface area contributed by atoms with Crippen LogP contribution in [-0.4, -0.2) is 38.7 Å². The standard InChI is InChI=1S/C17H23N3O3S2/c1-12(10-11-14-8-6-5-7-9-14)18-16(21)15-13(2)19-17(24-15)20(3)25(4,22)23/h5-9,12H,10-11H2,1-4H3,(H,18,21)/t12-/m0/s1. The molecule has 2 aromatic rings. The number of thiazole rings is 1. The van der Waals surface area contributed by atoms with Gasteiger partial charge in [-0.3, -0.25) is 4.79 Å². The van der Waals surface area contributed by atoms with E-state index >= 15 is 0 Å². The van der Waals surface area contributed by atoms with E-state index in [1.807, 2.05) is 25.1 Å². The molecule has 0 aliphatic carbocycles. The molecule has 0 aliphatic rings. The minimum absolute atomic E-state index is 0.00490. The van der Waals surface area contributed by atoms with Gasteiger partial charge in [0, 0.05) is 13.1 Å². The maximum absolute atomic E-state index is 12.5. The van der Waals surface area contributed by atoms with Crippen LogP contribution < -0.4 is 9.62 Å². The fraction of sp³-hybridized carbons (Fsp3) is 0.412. The van der Waals surface area contributed by atoms with Gasteiger partial charge in [0.25, 0.3) is 5.91 Å². The second-order valence-corrected chi connectivity index (χ2v) is 9.03. The van der Waals surface area contributed by atoms with Crippen LogP contribution in [0.5, 0.6) is 0 Å². The summed E-state index contributed by atoms with van der Waals surface area (Å²) in [6.07, 6.45) is 2.81. The molecule has 0 fully saturated rings. The van der Waals surface area contributed by atoms with Crippen molar-refractivity contribution < 1.29 is 13.2 Å². The Morgan fingerprint density at radius 3 is 2.56 bits per heavy atom. The Balaban J connectivity index is 1.99. The molecule has 1 heterocycles. The molecule has 2 rings (SSSR count). The number of sulfonamides is 1. The molecule has 136 valence electrons. The van der Waals surface area contributed by atoms with Gasteiger partial charge in [0.1, 0.15) is 4.88 Å². The molecule has 8 heteroatoms. The first-order chi connectivity index (χ1) is 11.7. The number of nitrogens with zero attached hydrogens (tertiary/aromatic N) is 2. The highest BCUT2D eigenvalue weighted by Gasteiger charge is 2.22. The van der Waals surface area contributed by atoms with E-state index in [-0.39, 0.29) is 11.9 Å². The molecule has 0 saturated carbocycles. The van der Waals surface area contributed by atoms with Crippen molar-refractivity contribution in [1.82, 2.24) is 10.3 Å². The zero-order valence-electron chi connectivity index (χ0n) is 14.8. The third-order valence-electron chi connectivity index (χ3n) is 3.84. The van der Waals surface area contributed by atoms with Crippen molar-refractivity contribution in [2.75, 3.05) is 17.6 Å². The number of nitrogens with one attached hydrogen (secondary N) is 1. The molecule has 6 nitrogen and oxygen atoms in total. The summed E-state index contributed by atoms with van der Waals surface area (Å²) < 4.78 is 24.3. The van der Waals surface area contributed by atoms with E-state index < -0.39 is 10.0 Å². The monoisotopic (exact) mass is 381 g/mol. The molecule has 0 aliphatic heterocycles. The highest BCUT2D eigenvalue weighted by atomic mass is 32.2. The van der Waals surface area contributed by atoms with E-state index in [4.69, 9.17) is 0 Å². The van der Waals surface area contributed by atoms with Gasteiger partial charge < -0.3 is 5.32 Å². The molecule has 0 saturated heterocycles. The van der Waals surface area contributed by atoms with Crippen LogP contribution in [0, 0.1) is 6.92 Å². The number of anilines is 1. The summed E-state index contributed by atoms with van der Waals surface area (Å²) in [5, 5.41) is 3.26. The number of aryl methyl sites for hydroxylation is 2. The van der Waals surface area contributed by atoms with Crippen LogP contribution in [0.15, 0.2) is 30.3 Å². The lowest BCUT2D eigenvalue weighted by Gasteiger charge is -2.13. The zero-order chi connectivity index (χ0) is 18.6. The second kappa shape index (κ2) is 7.97. The lowest BCUT2D eigenvalue weighted by molar-refractivity contribution is 0.0941. The van der Waals surface area contributed by atoms with Crippen LogP contribution >= 0.6 is 11.3 Å². The Morgan fingerprint density at radius 2 is 1.96 bits per heavy atom. The number of benzene rings is 1. The first-order valence-corrected chi connectivity index (χ1v) is 10.6. The van der Waals surface area contributed by atoms with Gasteiger partial charge in [-0.1, -0.05) is 41.7 Å². The molecular formula is C17H23N3O3S2. The molecule has 25 heavy (non-hydrogen) atoms. The Morgan fingerprint density at radius 1 is 1.32 bits per heavy atom. The number of hydrogen-bond donors (Lipinski definition) is 1. The summed E-state index contributed by atoms with van der Waals surface area (Å²) in [5.41, 5.74) is 1.76. The van der Waals surface area contributed by atoms with Gasteiger partial charge >= 0.3 is 0 Å². The van der Waals surface area contributed by atoms with Gasteiger partial charge in [-0.25, -0.2) is 17.7 Å². The number of carbonyl (C=O) groups excluding carboxylic acids is 1. The first-order valence-electron chi connectivity index (χ1n) is 7.94. The van der Waals surface area contributed by atoms with E-state index in [0.717, 1.165) is 34.7 Å². The van der Waals surface area contributed by atoms with Crippen LogP contribution in [0.1, 0.15) is 34.3 Å². The molecular weight excluding hydrogens is 358 g/mol. The maximum Gasteiger partial charge on any atom is 0.263 e. The summed E-state index contributed by atoms with van der Waals surface area (Å²) in [5.74, 6) is -0.219. The number of hydrogen-bond acceptors (Lipinski definition) is 5. The highest BCUT2D eigenvalue weighted by molar-refractivity contribution is 7.92. The van der Waals surface area contributed by atoms with Crippen LogP contribution in [0.25, 0.3) is 0 Å². The van der Waals surface area contributed by atoms with E-state index in [9.17, 15) is 13.2 Å². The van der Waals surface area contributed by atoms with Gasteiger partial charge in [-0.05, 0) is 32.3 Å². The summed E-state index contributed by atoms with van der Waals surface area (Å²) in [6.45, 7) is 3.67. The number of aromatic nitrogens is 1. The van der Waals surface area contributed by atoms with Gasteiger partial charge in [0.2, 0.25) is 10.0 Å². The fourth-order valence-corrected chi connectivity index (χ4v) is 3.94. The molecule has 0 bridgehead atoms. The van der Waals surface area contributed by atoms with Crippen molar-refractivity contribution in [3.8, 4) is 0 Å². The van der Waals surface area contributed by atoms with E-state index in [2.05, 4.69) is 22.4 Å². The normalized spacial score (nSPS) is 12.6. The number of amides is 1. The minimum atomic E-state index is -3.40. The minimum Gasteiger partial charge on any atom is -0.349 e. The average molecular weight is 382 g/mol. The maximum atomic E-state index is 12.5. The van der Waals surface area contributed by atoms with Gasteiger partial charge in [0.05, 0.1) is 11.9 Å². The molecule has 1 aromatic heterocycles. The van der Waals surface area contributed by atoms with E-state index in [1.54, 1.807) is 6.92 Å². The SMILES string of the molecule is Cc1nc(N(C)S(C)(=O)=O)sc1C(=O)N[C@@H](C)CCc1ccccc1. The van der Waals surface area contributed by atoms with Crippen molar-refractivity contribution in [2.24, 2.45) is 0 Å². The lowest BCUT2D eigenvalue weighted by atomic mass is 10.1. The number of carbonyl (C=O) groups is 1. The van der Waals surface area contributed by atoms with Crippen LogP contribution in [0.4, 0.5) is 5.13 Å². The first kappa shape index (κ1) is 19.4. The van der Waals surface area contributed by atoms with Crippen LogP contribution in [0.3, 0.4) is 0 Å². The summed E-state index contributed by atoms with van der Waals surface area (Å²) in [4.78, 5) is 17.1. The second-order valence-electron chi connectivity index (χ2n) is 6.04. The smallest absolute Gasteiger partial charge is 0.263 e. The van der Waals surface area contributed by atoms with Gasteiger partial charge in [-0.2, -0.15) is 0 Å². The quantitative estimate of drug-likeness (QED) is 0.799. The lowest BCUT2D eigenvalue weighted by Crippen LogP contribution is -2.32. The van der Waals surface area contributed by atoms with Crippen molar-refractivity contribution in [3.63, 3.8) is 0 Å². The molecule has 1 N–H and O–H groups in total. The van der Waals surface area contributed by atoms with Crippen molar-refractivity contribution in [1.29, 1.82) is 0 Å². The fourth-order valence-electron chi connectivity index (χ4n) is 2.26. The molecule has 1 amide bonds. The topological polar surface area (TPSA) is 79.4 Å². The van der Waals surface area contributed by atoms with Gasteiger partial charge in [0.15, 0.2) is 5.13 Å². The molecule has 0 unspecified atom stereocenters. The molecule has 0 radical (unpaired) electrons. The van der Waals surface area contributed by atoms with Crippen molar-refractivity contribution >= 4 is 32.4 Å². The molecule has 1 atom stereocenters. The summed E-state index contributed by atoms with van der Waals surface area (Å²) >= 11 is 1.08. The Labute approximate surface area is 153 Å². The van der Waals surface area contributed by atoms with Crippen molar-refractivity contribution in [2.45, 2.75) is 32.7 Å². The third-order valence-corrected chi connectivity index (χ3v) is 6.36. The zero-order valence-corrected chi connectivity index (χ0v) is 16.4. The average Bonchev–Trinajstić information content (AvgIpc) is 2.94.